The van der Waals surface area contributed by atoms with Gasteiger partial charge in [-0.3, -0.25) is 0 Å². The van der Waals surface area contributed by atoms with E-state index < -0.39 is 7.14 Å². The topological polar surface area (TPSA) is 37.3 Å². The number of hydrogen-bond acceptors (Lipinski definition) is 2. The molecule has 0 unspecified atom stereocenters. The van der Waals surface area contributed by atoms with Crippen molar-refractivity contribution < 1.29 is 9.67 Å². The van der Waals surface area contributed by atoms with Crippen molar-refractivity contribution in [1.29, 1.82) is 0 Å². The summed E-state index contributed by atoms with van der Waals surface area (Å²) >= 11 is 0. The molecule has 0 aliphatic heterocycles. The van der Waals surface area contributed by atoms with Crippen LogP contribution in [0.4, 0.5) is 0 Å². The number of phenols is 1. The number of aromatic hydroxyl groups is 1. The van der Waals surface area contributed by atoms with Gasteiger partial charge in [0.15, 0.2) is 7.14 Å². The zero-order chi connectivity index (χ0) is 17.3. The van der Waals surface area contributed by atoms with Gasteiger partial charge in [0.05, 0.1) is 5.30 Å². The van der Waals surface area contributed by atoms with Crippen LogP contribution >= 0.6 is 7.14 Å². The first-order chi connectivity index (χ1) is 12.2. The van der Waals surface area contributed by atoms with E-state index in [1.165, 1.54) is 0 Å². The molecule has 0 aliphatic carbocycles. The minimum Gasteiger partial charge on any atom is -0.507 e. The van der Waals surface area contributed by atoms with Crippen LogP contribution in [0.5, 0.6) is 5.75 Å². The molecular weight excluding hydrogens is 327 g/mol. The lowest BCUT2D eigenvalue weighted by molar-refractivity contribution is 0.480. The van der Waals surface area contributed by atoms with Crippen LogP contribution < -0.4 is 15.9 Å². The van der Waals surface area contributed by atoms with Crippen molar-refractivity contribution in [2.75, 3.05) is 0 Å². The molecule has 25 heavy (non-hydrogen) atoms. The Kier molecular flexibility index (Phi) is 3.91. The van der Waals surface area contributed by atoms with Crippen molar-refractivity contribution in [2.24, 2.45) is 0 Å². The highest BCUT2D eigenvalue weighted by molar-refractivity contribution is 7.85. The minimum atomic E-state index is -3.17. The van der Waals surface area contributed by atoms with Gasteiger partial charge in [0.25, 0.3) is 0 Å². The van der Waals surface area contributed by atoms with E-state index in [9.17, 15) is 9.67 Å². The second kappa shape index (κ2) is 6.23. The third-order valence-electron chi connectivity index (χ3n) is 4.42. The summed E-state index contributed by atoms with van der Waals surface area (Å²) in [6, 6.07) is 30.1. The Balaban J connectivity index is 2.06. The van der Waals surface area contributed by atoms with Crippen LogP contribution in [0.2, 0.25) is 0 Å². The van der Waals surface area contributed by atoms with Gasteiger partial charge in [-0.15, -0.1) is 0 Å². The average Bonchev–Trinajstić information content (AvgIpc) is 2.68. The predicted octanol–water partition coefficient (Wildman–Crippen LogP) is 4.18. The Morgan fingerprint density at radius 3 is 1.56 bits per heavy atom. The van der Waals surface area contributed by atoms with Gasteiger partial charge < -0.3 is 9.67 Å². The molecule has 4 aromatic rings. The molecule has 0 aliphatic rings. The number of rotatable bonds is 3. The fourth-order valence-corrected chi connectivity index (χ4v) is 5.92. The molecule has 0 amide bonds. The summed E-state index contributed by atoms with van der Waals surface area (Å²) in [7, 11) is -3.17. The van der Waals surface area contributed by atoms with E-state index in [-0.39, 0.29) is 5.75 Å². The number of phenolic OH excluding ortho intramolecular Hbond substituents is 1. The second-order valence-electron chi connectivity index (χ2n) is 5.97. The van der Waals surface area contributed by atoms with Crippen LogP contribution in [0.15, 0.2) is 97.1 Å². The summed E-state index contributed by atoms with van der Waals surface area (Å²) < 4.78 is 14.3. The summed E-state index contributed by atoms with van der Waals surface area (Å²) in [6.45, 7) is 0. The zero-order valence-electron chi connectivity index (χ0n) is 13.5. The van der Waals surface area contributed by atoms with Crippen molar-refractivity contribution in [2.45, 2.75) is 0 Å². The SMILES string of the molecule is O=P(c1ccccc1)(c1ccccc1)c1cc2ccccc2cc1O. The molecule has 0 spiro atoms. The van der Waals surface area contributed by atoms with Gasteiger partial charge in [0.2, 0.25) is 0 Å². The highest BCUT2D eigenvalue weighted by Gasteiger charge is 2.32. The first-order valence-corrected chi connectivity index (χ1v) is 9.84. The maximum Gasteiger partial charge on any atom is 0.174 e. The Hall–Kier alpha value is -2.83. The third-order valence-corrected chi connectivity index (χ3v) is 7.51. The lowest BCUT2D eigenvalue weighted by atomic mass is 10.1. The molecule has 4 rings (SSSR count). The van der Waals surface area contributed by atoms with Gasteiger partial charge in [-0.25, -0.2) is 0 Å². The van der Waals surface area contributed by atoms with E-state index in [0.717, 1.165) is 10.8 Å². The summed E-state index contributed by atoms with van der Waals surface area (Å²) in [5, 5.41) is 14.5. The van der Waals surface area contributed by atoms with E-state index in [4.69, 9.17) is 0 Å². The van der Waals surface area contributed by atoms with E-state index >= 15 is 0 Å². The standard InChI is InChI=1S/C22H17O2P/c23-21-15-17-9-7-8-10-18(17)16-22(21)25(24,19-11-3-1-4-12-19)20-13-5-2-6-14-20/h1-16,23H. The molecular formula is C22H17O2P. The van der Waals surface area contributed by atoms with Crippen molar-refractivity contribution in [3.63, 3.8) is 0 Å². The minimum absolute atomic E-state index is 0.0646. The molecule has 122 valence electrons. The zero-order valence-corrected chi connectivity index (χ0v) is 14.4. The van der Waals surface area contributed by atoms with Crippen LogP contribution in [-0.2, 0) is 4.57 Å². The lowest BCUT2D eigenvalue weighted by Gasteiger charge is -2.21. The van der Waals surface area contributed by atoms with Crippen LogP contribution in [0, 0.1) is 0 Å². The van der Waals surface area contributed by atoms with Crippen LogP contribution in [0.25, 0.3) is 10.8 Å². The predicted molar refractivity (Wildman–Crippen MR) is 105 cm³/mol. The Morgan fingerprint density at radius 2 is 1.04 bits per heavy atom. The lowest BCUT2D eigenvalue weighted by Crippen LogP contribution is -2.25. The molecule has 0 saturated carbocycles. The van der Waals surface area contributed by atoms with Crippen molar-refractivity contribution >= 4 is 33.8 Å². The Labute approximate surface area is 146 Å². The highest BCUT2D eigenvalue weighted by Crippen LogP contribution is 2.45. The maximum atomic E-state index is 14.3. The summed E-state index contributed by atoms with van der Waals surface area (Å²) in [5.74, 6) is 0.0646. The Morgan fingerprint density at radius 1 is 0.600 bits per heavy atom. The van der Waals surface area contributed by atoms with Crippen LogP contribution in [0.3, 0.4) is 0 Å². The molecule has 3 heteroatoms. The normalized spacial score (nSPS) is 11.5. The summed E-state index contributed by atoms with van der Waals surface area (Å²) in [4.78, 5) is 0. The van der Waals surface area contributed by atoms with Crippen LogP contribution in [0.1, 0.15) is 0 Å². The van der Waals surface area contributed by atoms with Crippen molar-refractivity contribution in [3.05, 3.63) is 97.1 Å². The Bertz CT molecular complexity index is 1030. The molecule has 0 saturated heterocycles. The fourth-order valence-electron chi connectivity index (χ4n) is 3.17. The molecule has 0 bridgehead atoms. The van der Waals surface area contributed by atoms with Gasteiger partial charge in [-0.1, -0.05) is 84.9 Å². The maximum absolute atomic E-state index is 14.3. The van der Waals surface area contributed by atoms with Crippen molar-refractivity contribution in [3.8, 4) is 5.75 Å². The van der Waals surface area contributed by atoms with Gasteiger partial charge in [-0.05, 0) is 22.9 Å². The molecule has 0 atom stereocenters. The molecule has 1 N–H and O–H groups in total. The van der Waals surface area contributed by atoms with Gasteiger partial charge in [-0.2, -0.15) is 0 Å². The summed E-state index contributed by atoms with van der Waals surface area (Å²) in [5.41, 5.74) is 0. The van der Waals surface area contributed by atoms with Gasteiger partial charge in [0.1, 0.15) is 5.75 Å². The first-order valence-electron chi connectivity index (χ1n) is 8.13. The molecule has 0 fully saturated rings. The third kappa shape index (κ3) is 2.65. The fraction of sp³-hybridized carbons (Fsp3) is 0. The van der Waals surface area contributed by atoms with E-state index in [0.29, 0.717) is 15.9 Å². The largest absolute Gasteiger partial charge is 0.507 e. The number of fused-ring (bicyclic) bond motifs is 1. The van der Waals surface area contributed by atoms with Crippen LogP contribution in [-0.4, -0.2) is 5.11 Å². The second-order valence-corrected chi connectivity index (χ2v) is 8.70. The van der Waals surface area contributed by atoms with Crippen molar-refractivity contribution in [1.82, 2.24) is 0 Å². The smallest absolute Gasteiger partial charge is 0.174 e. The molecule has 0 heterocycles. The molecule has 2 nitrogen and oxygen atoms in total. The quantitative estimate of drug-likeness (QED) is 0.566. The van der Waals surface area contributed by atoms with E-state index in [2.05, 4.69) is 0 Å². The average molecular weight is 344 g/mol. The van der Waals surface area contributed by atoms with Gasteiger partial charge >= 0.3 is 0 Å². The van der Waals surface area contributed by atoms with E-state index in [1.807, 2.05) is 91.0 Å². The monoisotopic (exact) mass is 344 g/mol. The first kappa shape index (κ1) is 15.7. The molecule has 4 aromatic carbocycles. The summed E-state index contributed by atoms with van der Waals surface area (Å²) in [6.07, 6.45) is 0. The van der Waals surface area contributed by atoms with Gasteiger partial charge in [0, 0.05) is 10.6 Å². The number of hydrogen-bond donors (Lipinski definition) is 1. The van der Waals surface area contributed by atoms with E-state index in [1.54, 1.807) is 6.07 Å². The highest BCUT2D eigenvalue weighted by atomic mass is 31.2. The number of benzene rings is 4. The molecule has 0 radical (unpaired) electrons. The molecule has 0 aromatic heterocycles.